The Morgan fingerprint density at radius 3 is 2.70 bits per heavy atom. The van der Waals surface area contributed by atoms with Crippen LogP contribution in [0.15, 0.2) is 34.9 Å². The number of benzene rings is 1. The molecule has 2 rings (SSSR count). The summed E-state index contributed by atoms with van der Waals surface area (Å²) < 4.78 is 6.16. The van der Waals surface area contributed by atoms with Crippen LogP contribution in [0.25, 0.3) is 0 Å². The van der Waals surface area contributed by atoms with Gasteiger partial charge >= 0.3 is 0 Å². The van der Waals surface area contributed by atoms with Crippen molar-refractivity contribution >= 4 is 50.9 Å². The number of ether oxygens (including phenoxy) is 1. The second-order valence-corrected chi connectivity index (χ2v) is 6.19. The van der Waals surface area contributed by atoms with Gasteiger partial charge in [0.15, 0.2) is 6.10 Å². The molecule has 0 aliphatic rings. The zero-order chi connectivity index (χ0) is 17.0. The van der Waals surface area contributed by atoms with Crippen molar-refractivity contribution in [3.63, 3.8) is 0 Å². The summed E-state index contributed by atoms with van der Waals surface area (Å²) in [6, 6.07) is 6.43. The zero-order valence-corrected chi connectivity index (χ0v) is 14.9. The molecule has 0 radical (unpaired) electrons. The highest BCUT2D eigenvalue weighted by atomic mass is 79.9. The van der Waals surface area contributed by atoms with Crippen LogP contribution < -0.4 is 15.6 Å². The number of aromatic amines is 1. The molecule has 0 saturated carbocycles. The van der Waals surface area contributed by atoms with Gasteiger partial charge < -0.3 is 9.72 Å². The Hall–Kier alpha value is -1.70. The van der Waals surface area contributed by atoms with E-state index in [1.165, 1.54) is 6.92 Å². The predicted molar refractivity (Wildman–Crippen MR) is 90.7 cm³/mol. The molecule has 0 aliphatic heterocycles. The van der Waals surface area contributed by atoms with E-state index in [1.54, 1.807) is 30.5 Å². The first-order chi connectivity index (χ1) is 10.9. The molecule has 2 amide bonds. The third-order valence-electron chi connectivity index (χ3n) is 2.78. The maximum atomic E-state index is 11.9. The van der Waals surface area contributed by atoms with Crippen molar-refractivity contribution in [2.75, 3.05) is 0 Å². The highest BCUT2D eigenvalue weighted by Crippen LogP contribution is 2.32. The van der Waals surface area contributed by atoms with Crippen LogP contribution in [-0.4, -0.2) is 22.9 Å². The largest absolute Gasteiger partial charge is 0.479 e. The van der Waals surface area contributed by atoms with E-state index in [4.69, 9.17) is 27.9 Å². The van der Waals surface area contributed by atoms with Gasteiger partial charge in [0.1, 0.15) is 16.5 Å². The van der Waals surface area contributed by atoms with Crippen LogP contribution in [-0.2, 0) is 4.79 Å². The summed E-state index contributed by atoms with van der Waals surface area (Å²) in [4.78, 5) is 26.5. The topological polar surface area (TPSA) is 83.2 Å². The highest BCUT2D eigenvalue weighted by Gasteiger charge is 2.18. The van der Waals surface area contributed by atoms with Crippen LogP contribution >= 0.6 is 39.1 Å². The molecular weight excluding hydrogens is 409 g/mol. The predicted octanol–water partition coefficient (Wildman–Crippen LogP) is 3.31. The molecule has 1 unspecified atom stereocenters. The van der Waals surface area contributed by atoms with Crippen molar-refractivity contribution in [3.8, 4) is 5.75 Å². The fraction of sp³-hybridized carbons (Fsp3) is 0.143. The summed E-state index contributed by atoms with van der Waals surface area (Å²) in [7, 11) is 0. The number of H-pyrrole nitrogens is 1. The van der Waals surface area contributed by atoms with E-state index in [-0.39, 0.29) is 10.8 Å². The number of halogens is 3. The molecule has 3 N–H and O–H groups in total. The molecule has 0 fully saturated rings. The molecule has 0 aliphatic carbocycles. The molecule has 1 aromatic carbocycles. The lowest BCUT2D eigenvalue weighted by Gasteiger charge is -2.16. The number of amides is 2. The van der Waals surface area contributed by atoms with Crippen LogP contribution in [0.1, 0.15) is 17.4 Å². The Kier molecular flexibility index (Phi) is 5.92. The maximum Gasteiger partial charge on any atom is 0.286 e. The van der Waals surface area contributed by atoms with Crippen LogP contribution in [0.2, 0.25) is 10.0 Å². The first kappa shape index (κ1) is 17.7. The lowest BCUT2D eigenvalue weighted by molar-refractivity contribution is -0.128. The molecule has 1 atom stereocenters. The second-order valence-electron chi connectivity index (χ2n) is 4.49. The molecule has 0 bridgehead atoms. The van der Waals surface area contributed by atoms with E-state index >= 15 is 0 Å². The molecule has 1 aromatic heterocycles. The van der Waals surface area contributed by atoms with Crippen LogP contribution in [0.4, 0.5) is 0 Å². The summed E-state index contributed by atoms with van der Waals surface area (Å²) in [5.74, 6) is -0.751. The van der Waals surface area contributed by atoms with Crippen molar-refractivity contribution in [2.24, 2.45) is 0 Å². The number of carbonyl (C=O) groups excluding carboxylic acids is 2. The van der Waals surface area contributed by atoms with Gasteiger partial charge in [-0.1, -0.05) is 29.3 Å². The molecule has 122 valence electrons. The van der Waals surface area contributed by atoms with Crippen molar-refractivity contribution in [2.45, 2.75) is 13.0 Å². The number of hydrogen-bond acceptors (Lipinski definition) is 3. The van der Waals surface area contributed by atoms with Gasteiger partial charge in [-0.3, -0.25) is 20.4 Å². The summed E-state index contributed by atoms with van der Waals surface area (Å²) in [5, 5.41) is 0.538. The zero-order valence-electron chi connectivity index (χ0n) is 11.8. The molecule has 23 heavy (non-hydrogen) atoms. The minimum atomic E-state index is -0.887. The molecule has 1 heterocycles. The second kappa shape index (κ2) is 7.72. The quantitative estimate of drug-likeness (QED) is 0.663. The minimum Gasteiger partial charge on any atom is -0.479 e. The first-order valence-corrected chi connectivity index (χ1v) is 7.98. The van der Waals surface area contributed by atoms with Crippen molar-refractivity contribution < 1.29 is 14.3 Å². The number of aromatic nitrogens is 1. The van der Waals surface area contributed by atoms with Gasteiger partial charge in [-0.05, 0) is 41.1 Å². The molecule has 2 aromatic rings. The van der Waals surface area contributed by atoms with Crippen molar-refractivity contribution in [1.82, 2.24) is 15.8 Å². The highest BCUT2D eigenvalue weighted by molar-refractivity contribution is 9.10. The van der Waals surface area contributed by atoms with E-state index in [0.29, 0.717) is 10.7 Å². The van der Waals surface area contributed by atoms with Gasteiger partial charge in [0.25, 0.3) is 11.8 Å². The fourth-order valence-electron chi connectivity index (χ4n) is 1.61. The Bertz CT molecular complexity index is 736. The molecule has 0 saturated heterocycles. The number of rotatable bonds is 4. The number of hydrazine groups is 1. The van der Waals surface area contributed by atoms with Gasteiger partial charge in [-0.25, -0.2) is 0 Å². The van der Waals surface area contributed by atoms with Crippen LogP contribution in [0.3, 0.4) is 0 Å². The molecule has 9 heteroatoms. The third-order valence-corrected chi connectivity index (χ3v) is 4.04. The van der Waals surface area contributed by atoms with Crippen LogP contribution in [0.5, 0.6) is 5.75 Å². The van der Waals surface area contributed by atoms with Gasteiger partial charge in [0, 0.05) is 10.7 Å². The average molecular weight is 421 g/mol. The average Bonchev–Trinajstić information content (AvgIpc) is 2.95. The molecular formula is C14H12BrCl2N3O3. The first-order valence-electron chi connectivity index (χ1n) is 6.43. The van der Waals surface area contributed by atoms with Gasteiger partial charge in [0.05, 0.1) is 5.02 Å². The standard InChI is InChI=1S/C14H12BrCl2N3O3/c1-7(23-11-4-2-3-9(16)12(11)17)13(21)19-20-14(22)10-5-8(15)6-18-10/h2-7,18H,1H3,(H,19,21)(H,20,22). The van der Waals surface area contributed by atoms with E-state index in [1.807, 2.05) is 0 Å². The monoisotopic (exact) mass is 419 g/mol. The van der Waals surface area contributed by atoms with Gasteiger partial charge in [-0.15, -0.1) is 0 Å². The smallest absolute Gasteiger partial charge is 0.286 e. The van der Waals surface area contributed by atoms with E-state index in [0.717, 1.165) is 4.47 Å². The summed E-state index contributed by atoms with van der Waals surface area (Å²) in [6.07, 6.45) is 0.713. The number of hydrogen-bond donors (Lipinski definition) is 3. The lowest BCUT2D eigenvalue weighted by atomic mass is 10.3. The molecule has 0 spiro atoms. The van der Waals surface area contributed by atoms with Crippen molar-refractivity contribution in [1.29, 1.82) is 0 Å². The number of nitrogens with one attached hydrogen (secondary N) is 3. The van der Waals surface area contributed by atoms with E-state index < -0.39 is 17.9 Å². The van der Waals surface area contributed by atoms with E-state index in [2.05, 4.69) is 31.8 Å². The third kappa shape index (κ3) is 4.63. The van der Waals surface area contributed by atoms with Crippen molar-refractivity contribution in [3.05, 3.63) is 50.7 Å². The van der Waals surface area contributed by atoms with Gasteiger partial charge in [-0.2, -0.15) is 0 Å². The Morgan fingerprint density at radius 2 is 2.04 bits per heavy atom. The summed E-state index contributed by atoms with van der Waals surface area (Å²) in [6.45, 7) is 1.52. The number of carbonyl (C=O) groups is 2. The lowest BCUT2D eigenvalue weighted by Crippen LogP contribution is -2.47. The van der Waals surface area contributed by atoms with E-state index in [9.17, 15) is 9.59 Å². The Morgan fingerprint density at radius 1 is 1.30 bits per heavy atom. The normalized spacial score (nSPS) is 11.7. The SMILES string of the molecule is CC(Oc1cccc(Cl)c1Cl)C(=O)NNC(=O)c1cc(Br)c[nH]1. The van der Waals surface area contributed by atoms with Gasteiger partial charge in [0.2, 0.25) is 0 Å². The maximum absolute atomic E-state index is 11.9. The Balaban J connectivity index is 1.90. The summed E-state index contributed by atoms with van der Waals surface area (Å²) >= 11 is 15.1. The minimum absolute atomic E-state index is 0.217. The summed E-state index contributed by atoms with van der Waals surface area (Å²) in [5.41, 5.74) is 4.84. The Labute approximate surface area is 150 Å². The fourth-order valence-corrected chi connectivity index (χ4v) is 2.29. The van der Waals surface area contributed by atoms with Crippen LogP contribution in [0, 0.1) is 0 Å². The molecule has 6 nitrogen and oxygen atoms in total.